The monoisotopic (exact) mass is 257 g/mol. The lowest BCUT2D eigenvalue weighted by atomic mass is 9.98. The second kappa shape index (κ2) is 4.86. The Labute approximate surface area is 106 Å². The van der Waals surface area contributed by atoms with E-state index >= 15 is 0 Å². The predicted octanol–water partition coefficient (Wildman–Crippen LogP) is -0.572. The SMILES string of the molecule is CC1(C)C(=O)NCCN1C(=O)C1CSCCN1. The fourth-order valence-electron chi connectivity index (χ4n) is 2.20. The van der Waals surface area contributed by atoms with E-state index in [9.17, 15) is 9.59 Å². The van der Waals surface area contributed by atoms with Crippen molar-refractivity contribution in [1.82, 2.24) is 15.5 Å². The molecule has 2 amide bonds. The smallest absolute Gasteiger partial charge is 0.245 e. The van der Waals surface area contributed by atoms with Gasteiger partial charge in [-0.1, -0.05) is 0 Å². The average molecular weight is 257 g/mol. The Kier molecular flexibility index (Phi) is 3.63. The molecule has 0 spiro atoms. The van der Waals surface area contributed by atoms with E-state index < -0.39 is 5.54 Å². The molecule has 1 unspecified atom stereocenters. The van der Waals surface area contributed by atoms with Crippen LogP contribution in [0.4, 0.5) is 0 Å². The Bertz CT molecular complexity index is 327. The lowest BCUT2D eigenvalue weighted by Gasteiger charge is -2.43. The van der Waals surface area contributed by atoms with Crippen molar-refractivity contribution in [3.05, 3.63) is 0 Å². The minimum Gasteiger partial charge on any atom is -0.352 e. The molecule has 5 nitrogen and oxygen atoms in total. The fraction of sp³-hybridized carbons (Fsp3) is 0.818. The summed E-state index contributed by atoms with van der Waals surface area (Å²) in [5.41, 5.74) is -0.737. The molecule has 6 heteroatoms. The first-order chi connectivity index (χ1) is 8.03. The third-order valence-electron chi connectivity index (χ3n) is 3.34. The zero-order valence-corrected chi connectivity index (χ0v) is 11.1. The van der Waals surface area contributed by atoms with E-state index in [1.165, 1.54) is 0 Å². The first kappa shape index (κ1) is 12.7. The summed E-state index contributed by atoms with van der Waals surface area (Å²) < 4.78 is 0. The van der Waals surface area contributed by atoms with Gasteiger partial charge < -0.3 is 15.5 Å². The molecule has 2 aliphatic rings. The van der Waals surface area contributed by atoms with Gasteiger partial charge in [0.15, 0.2) is 0 Å². The van der Waals surface area contributed by atoms with Crippen LogP contribution < -0.4 is 10.6 Å². The Morgan fingerprint density at radius 1 is 1.47 bits per heavy atom. The lowest BCUT2D eigenvalue weighted by Crippen LogP contribution is -2.66. The minimum absolute atomic E-state index is 0.0528. The first-order valence-electron chi connectivity index (χ1n) is 5.94. The van der Waals surface area contributed by atoms with Crippen LogP contribution in [-0.2, 0) is 9.59 Å². The number of nitrogens with one attached hydrogen (secondary N) is 2. The van der Waals surface area contributed by atoms with E-state index in [0.717, 1.165) is 18.1 Å². The molecule has 0 aromatic heterocycles. The van der Waals surface area contributed by atoms with Crippen LogP contribution in [0.2, 0.25) is 0 Å². The van der Waals surface area contributed by atoms with Crippen molar-refractivity contribution >= 4 is 23.6 Å². The maximum atomic E-state index is 12.4. The highest BCUT2D eigenvalue weighted by Crippen LogP contribution is 2.20. The van der Waals surface area contributed by atoms with Crippen molar-refractivity contribution < 1.29 is 9.59 Å². The van der Waals surface area contributed by atoms with Gasteiger partial charge in [0, 0.05) is 31.1 Å². The standard InChI is InChI=1S/C11H19N3O2S/c1-11(2)10(16)13-3-5-14(11)9(15)8-7-17-6-4-12-8/h8,12H,3-7H2,1-2H3,(H,13,16). The van der Waals surface area contributed by atoms with E-state index in [1.807, 2.05) is 0 Å². The van der Waals surface area contributed by atoms with Gasteiger partial charge in [-0.2, -0.15) is 11.8 Å². The number of rotatable bonds is 1. The molecule has 0 aromatic rings. The Hall–Kier alpha value is -0.750. The van der Waals surface area contributed by atoms with Gasteiger partial charge in [0.25, 0.3) is 0 Å². The van der Waals surface area contributed by atoms with Crippen molar-refractivity contribution in [1.29, 1.82) is 0 Å². The van der Waals surface area contributed by atoms with Crippen molar-refractivity contribution in [2.75, 3.05) is 31.1 Å². The molecule has 2 N–H and O–H groups in total. The van der Waals surface area contributed by atoms with E-state index in [-0.39, 0.29) is 17.9 Å². The van der Waals surface area contributed by atoms with E-state index in [4.69, 9.17) is 0 Å². The van der Waals surface area contributed by atoms with Crippen LogP contribution in [0.1, 0.15) is 13.8 Å². The van der Waals surface area contributed by atoms with E-state index in [0.29, 0.717) is 13.1 Å². The van der Waals surface area contributed by atoms with Crippen LogP contribution in [-0.4, -0.2) is 59.4 Å². The topological polar surface area (TPSA) is 61.4 Å². The molecule has 2 fully saturated rings. The Balaban J connectivity index is 2.09. The molecule has 1 atom stereocenters. The second-order valence-corrected chi connectivity index (χ2v) is 6.04. The predicted molar refractivity (Wildman–Crippen MR) is 67.9 cm³/mol. The minimum atomic E-state index is -0.737. The second-order valence-electron chi connectivity index (χ2n) is 4.89. The molecule has 2 aliphatic heterocycles. The number of piperazine rings is 1. The highest BCUT2D eigenvalue weighted by Gasteiger charge is 2.42. The highest BCUT2D eigenvalue weighted by atomic mass is 32.2. The molecule has 0 radical (unpaired) electrons. The van der Waals surface area contributed by atoms with Crippen LogP contribution in [0, 0.1) is 0 Å². The molecule has 0 aromatic carbocycles. The highest BCUT2D eigenvalue weighted by molar-refractivity contribution is 7.99. The van der Waals surface area contributed by atoms with Crippen LogP contribution in [0.25, 0.3) is 0 Å². The van der Waals surface area contributed by atoms with Crippen LogP contribution in [0.15, 0.2) is 0 Å². The molecule has 96 valence electrons. The summed E-state index contributed by atoms with van der Waals surface area (Å²) in [6, 6.07) is -0.140. The lowest BCUT2D eigenvalue weighted by molar-refractivity contribution is -0.150. The first-order valence-corrected chi connectivity index (χ1v) is 7.10. The molecular weight excluding hydrogens is 238 g/mol. The van der Waals surface area contributed by atoms with Gasteiger partial charge >= 0.3 is 0 Å². The number of nitrogens with zero attached hydrogens (tertiary/aromatic N) is 1. The Morgan fingerprint density at radius 3 is 2.88 bits per heavy atom. The van der Waals surface area contributed by atoms with Crippen LogP contribution in [0.3, 0.4) is 0 Å². The summed E-state index contributed by atoms with van der Waals surface area (Å²) in [5, 5.41) is 6.03. The van der Waals surface area contributed by atoms with Crippen molar-refractivity contribution in [3.8, 4) is 0 Å². The summed E-state index contributed by atoms with van der Waals surface area (Å²) in [6.07, 6.45) is 0. The summed E-state index contributed by atoms with van der Waals surface area (Å²) in [4.78, 5) is 25.9. The molecule has 2 heterocycles. The van der Waals surface area contributed by atoms with Gasteiger partial charge in [-0.25, -0.2) is 0 Å². The van der Waals surface area contributed by atoms with Gasteiger partial charge in [-0.15, -0.1) is 0 Å². The third kappa shape index (κ3) is 2.42. The maximum Gasteiger partial charge on any atom is 0.245 e. The summed E-state index contributed by atoms with van der Waals surface area (Å²) >= 11 is 1.79. The number of amides is 2. The van der Waals surface area contributed by atoms with Gasteiger partial charge in [0.1, 0.15) is 5.54 Å². The van der Waals surface area contributed by atoms with Gasteiger partial charge in [-0.3, -0.25) is 9.59 Å². The van der Waals surface area contributed by atoms with Gasteiger partial charge in [-0.05, 0) is 13.8 Å². The number of carbonyl (C=O) groups is 2. The van der Waals surface area contributed by atoms with Gasteiger partial charge in [0.05, 0.1) is 6.04 Å². The average Bonchev–Trinajstić information content (AvgIpc) is 2.33. The largest absolute Gasteiger partial charge is 0.352 e. The third-order valence-corrected chi connectivity index (χ3v) is 4.40. The maximum absolute atomic E-state index is 12.4. The van der Waals surface area contributed by atoms with Crippen LogP contribution >= 0.6 is 11.8 Å². The number of carbonyl (C=O) groups excluding carboxylic acids is 2. The zero-order valence-electron chi connectivity index (χ0n) is 10.3. The van der Waals surface area contributed by atoms with Crippen molar-refractivity contribution in [3.63, 3.8) is 0 Å². The summed E-state index contributed by atoms with van der Waals surface area (Å²) in [7, 11) is 0. The molecule has 0 aliphatic carbocycles. The number of thioether (sulfide) groups is 1. The quantitative estimate of drug-likeness (QED) is 0.660. The molecule has 17 heavy (non-hydrogen) atoms. The van der Waals surface area contributed by atoms with Crippen LogP contribution in [0.5, 0.6) is 0 Å². The zero-order chi connectivity index (χ0) is 12.5. The normalized spacial score (nSPS) is 28.7. The van der Waals surface area contributed by atoms with Crippen molar-refractivity contribution in [2.45, 2.75) is 25.4 Å². The Morgan fingerprint density at radius 2 is 2.24 bits per heavy atom. The summed E-state index contributed by atoms with van der Waals surface area (Å²) in [5.74, 6) is 1.83. The summed E-state index contributed by atoms with van der Waals surface area (Å²) in [6.45, 7) is 5.61. The molecular formula is C11H19N3O2S. The molecule has 0 saturated carbocycles. The van der Waals surface area contributed by atoms with E-state index in [1.54, 1.807) is 30.5 Å². The fourth-order valence-corrected chi connectivity index (χ4v) is 3.12. The molecule has 2 saturated heterocycles. The van der Waals surface area contributed by atoms with Gasteiger partial charge in [0.2, 0.25) is 11.8 Å². The number of hydrogen-bond acceptors (Lipinski definition) is 4. The molecule has 0 bridgehead atoms. The molecule has 2 rings (SSSR count). The number of hydrogen-bond donors (Lipinski definition) is 2. The van der Waals surface area contributed by atoms with E-state index in [2.05, 4.69) is 10.6 Å². The van der Waals surface area contributed by atoms with Crippen molar-refractivity contribution in [2.24, 2.45) is 0 Å².